The van der Waals surface area contributed by atoms with Gasteiger partial charge in [-0.3, -0.25) is 0 Å². The lowest BCUT2D eigenvalue weighted by Gasteiger charge is -2.32. The highest BCUT2D eigenvalue weighted by molar-refractivity contribution is 7.79. The Hall–Kier alpha value is 0.0549. The van der Waals surface area contributed by atoms with Gasteiger partial charge in [-0.1, -0.05) is 0 Å². The first kappa shape index (κ1) is 14.6. The Balaban J connectivity index is 1.85. The summed E-state index contributed by atoms with van der Waals surface area (Å²) in [6.07, 6.45) is -1.36. The average Bonchev–Trinajstić information content (AvgIpc) is 2.99. The fourth-order valence-electron chi connectivity index (χ4n) is 2.24. The fraction of sp³-hybridized carbons (Fsp3) is 1.00. The zero-order valence-electron chi connectivity index (χ0n) is 14.2. The second-order valence-electron chi connectivity index (χ2n) is 4.86. The molecule has 0 bridgehead atoms. The second kappa shape index (κ2) is 8.06. The van der Waals surface area contributed by atoms with Crippen LogP contribution in [0.3, 0.4) is 0 Å². The van der Waals surface area contributed by atoms with Crippen LogP contribution >= 0.6 is 7.47 Å². The predicted molar refractivity (Wildman–Crippen MR) is 75.6 cm³/mol. The lowest BCUT2D eigenvalue weighted by atomic mass is 10.2. The van der Waals surface area contributed by atoms with Gasteiger partial charge in [0.1, 0.15) is 12.2 Å². The molecule has 0 aliphatic carbocycles. The van der Waals surface area contributed by atoms with Crippen molar-refractivity contribution in [2.45, 2.75) is 37.3 Å². The summed E-state index contributed by atoms with van der Waals surface area (Å²) >= 11 is 0. The number of hydrogen-bond donors (Lipinski definition) is 0. The average molecular weight is 324 g/mol. The summed E-state index contributed by atoms with van der Waals surface area (Å²) in [5.74, 6) is 0. The molecule has 21 heavy (non-hydrogen) atoms. The molecule has 0 aromatic rings. The van der Waals surface area contributed by atoms with Crippen LogP contribution in [0.25, 0.3) is 0 Å². The summed E-state index contributed by atoms with van der Waals surface area (Å²) in [5, 5.41) is 0. The Kier molecular flexibility index (Phi) is 5.62. The molecule has 2 rings (SSSR count). The van der Waals surface area contributed by atoms with E-state index in [0.29, 0.717) is 6.42 Å². The van der Waals surface area contributed by atoms with Crippen LogP contribution in [-0.2, 0) is 32.6 Å². The number of hydrogen-bond acceptors (Lipinski definition) is 7. The third-order valence-electron chi connectivity index (χ3n) is 3.36. The summed E-state index contributed by atoms with van der Waals surface area (Å²) in [4.78, 5) is 0. The maximum absolute atomic E-state index is 12.3. The minimum absolute atomic E-state index is 0.103. The van der Waals surface area contributed by atoms with E-state index < -0.39 is 39.0 Å². The van der Waals surface area contributed by atoms with E-state index in [1.807, 2.05) is 0 Å². The molecular formula is C12H22BO7P-. The van der Waals surface area contributed by atoms with Gasteiger partial charge in [-0.25, -0.2) is 0 Å². The van der Waals surface area contributed by atoms with Crippen molar-refractivity contribution in [3.63, 3.8) is 0 Å². The van der Waals surface area contributed by atoms with Gasteiger partial charge in [0, 0.05) is 33.8 Å². The van der Waals surface area contributed by atoms with Gasteiger partial charge >= 0.3 is 0 Å². The van der Waals surface area contributed by atoms with E-state index in [4.69, 9.17) is 38.3 Å². The third kappa shape index (κ3) is 5.03. The van der Waals surface area contributed by atoms with Crippen LogP contribution in [0.15, 0.2) is 0 Å². The van der Waals surface area contributed by atoms with E-state index in [2.05, 4.69) is 0 Å². The van der Waals surface area contributed by atoms with Gasteiger partial charge in [-0.15, -0.1) is 0 Å². The van der Waals surface area contributed by atoms with Crippen LogP contribution < -0.4 is 0 Å². The van der Waals surface area contributed by atoms with Crippen LogP contribution in [-0.4, -0.2) is 72.6 Å². The summed E-state index contributed by atoms with van der Waals surface area (Å²) < 4.78 is 58.8. The van der Waals surface area contributed by atoms with E-state index in [1.54, 1.807) is 0 Å². The Bertz CT molecular complexity index is 432. The Labute approximate surface area is 129 Å². The fourth-order valence-corrected chi connectivity index (χ4v) is 3.25. The molecule has 2 aliphatic heterocycles. The molecule has 121 valence electrons. The minimum Gasteiger partial charge on any atom is -0.444 e. The van der Waals surface area contributed by atoms with Gasteiger partial charge in [-0.05, 0) is 6.42 Å². The molecule has 3 radical (unpaired) electrons. The van der Waals surface area contributed by atoms with Crippen molar-refractivity contribution >= 4 is 15.0 Å². The van der Waals surface area contributed by atoms with Crippen LogP contribution in [0.1, 0.15) is 15.6 Å². The molecule has 7 atom stereocenters. The monoisotopic (exact) mass is 324 g/mol. The van der Waals surface area contributed by atoms with Gasteiger partial charge < -0.3 is 40.1 Å². The van der Waals surface area contributed by atoms with Crippen LogP contribution in [0.5, 0.6) is 0 Å². The van der Waals surface area contributed by atoms with Gasteiger partial charge in [0.2, 0.25) is 0 Å². The molecule has 0 aromatic carbocycles. The molecule has 0 N–H and O–H groups in total. The van der Waals surface area contributed by atoms with Crippen molar-refractivity contribution in [1.29, 1.82) is 0 Å². The number of methoxy groups -OCH3 is 2. The molecule has 2 aliphatic rings. The molecule has 2 saturated heterocycles. The van der Waals surface area contributed by atoms with Crippen molar-refractivity contribution < 1.29 is 35.3 Å². The van der Waals surface area contributed by atoms with Crippen molar-refractivity contribution in [2.24, 2.45) is 0 Å². The van der Waals surface area contributed by atoms with Crippen LogP contribution in [0.4, 0.5) is 0 Å². The quantitative estimate of drug-likeness (QED) is 0.485. The Morgan fingerprint density at radius 1 is 1.19 bits per heavy atom. The predicted octanol–water partition coefficient (Wildman–Crippen LogP) is 0.904. The van der Waals surface area contributed by atoms with Gasteiger partial charge in [0.15, 0.2) is 0 Å². The van der Waals surface area contributed by atoms with Crippen molar-refractivity contribution in [3.8, 4) is 0 Å². The Morgan fingerprint density at radius 2 is 1.81 bits per heavy atom. The molecule has 0 amide bonds. The lowest BCUT2D eigenvalue weighted by molar-refractivity contribution is -0.0213. The van der Waals surface area contributed by atoms with E-state index in [1.165, 1.54) is 14.2 Å². The van der Waals surface area contributed by atoms with Gasteiger partial charge in [0.05, 0.1) is 35.6 Å². The molecule has 9 heteroatoms. The van der Waals surface area contributed by atoms with E-state index in [0.717, 1.165) is 0 Å². The summed E-state index contributed by atoms with van der Waals surface area (Å²) in [6, 6.07) is 0. The molecular weight excluding hydrogens is 298 g/mol. The van der Waals surface area contributed by atoms with Gasteiger partial charge in [-0.2, -0.15) is 0 Å². The van der Waals surface area contributed by atoms with E-state index >= 15 is 0 Å². The number of ether oxygens (including phenoxy) is 4. The van der Waals surface area contributed by atoms with E-state index in [9.17, 15) is 4.57 Å². The zero-order valence-corrected chi connectivity index (χ0v) is 13.1. The summed E-state index contributed by atoms with van der Waals surface area (Å²) in [6.45, 7) is -1.38. The summed E-state index contributed by atoms with van der Waals surface area (Å²) in [5.41, 5.74) is 0. The highest BCUT2D eigenvalue weighted by Crippen LogP contribution is 2.46. The maximum Gasteiger partial charge on any atom is 0.107 e. The lowest BCUT2D eigenvalue weighted by Crippen LogP contribution is -2.30. The van der Waals surface area contributed by atoms with Crippen LogP contribution in [0.2, 0.25) is 0 Å². The van der Waals surface area contributed by atoms with E-state index in [-0.39, 0.29) is 25.7 Å². The standard InChI is InChI=1S/C12H22BO7P/c1-15-7-11-10(4-6-17-11)20-21(13,14)19-8-12-9(16-2)3-5-18-12/h9-12H,3-8H2,1-2H3/q-1/t9-,10-,11+,12+,21?/m0/s1/i5T,6T/t5-,6-,9-,10-,11+,12+,21?. The first-order valence-electron chi connectivity index (χ1n) is 7.88. The highest BCUT2D eigenvalue weighted by atomic mass is 31.2. The summed E-state index contributed by atoms with van der Waals surface area (Å²) in [7, 11) is 4.76. The van der Waals surface area contributed by atoms with Gasteiger partial charge in [0.25, 0.3) is 0 Å². The van der Waals surface area contributed by atoms with Crippen molar-refractivity contribution in [1.82, 2.24) is 0 Å². The molecule has 7 nitrogen and oxygen atoms in total. The first-order chi connectivity index (χ1) is 10.8. The largest absolute Gasteiger partial charge is 0.444 e. The normalized spacial score (nSPS) is 44.3. The first-order valence-corrected chi connectivity index (χ1v) is 8.34. The molecule has 2 heterocycles. The minimum atomic E-state index is -3.85. The SMILES string of the molecule is [3H][C@H]1C[C@H](OC)[C@@H](COP([B-])(=O)O[C@H]2C[C@H]([3H])O[C@@H]2COC)O1. The topological polar surface area (TPSA) is 72.5 Å². The third-order valence-corrected chi connectivity index (χ3v) is 4.44. The van der Waals surface area contributed by atoms with Crippen molar-refractivity contribution in [3.05, 3.63) is 0 Å². The van der Waals surface area contributed by atoms with Crippen LogP contribution in [0, 0.1) is 0 Å². The smallest absolute Gasteiger partial charge is 0.107 e. The Morgan fingerprint density at radius 3 is 2.43 bits per heavy atom. The van der Waals surface area contributed by atoms with Crippen molar-refractivity contribution in [2.75, 3.05) is 40.6 Å². The molecule has 1 unspecified atom stereocenters. The molecule has 2 fully saturated rings. The molecule has 0 aromatic heterocycles. The number of rotatable bonds is 8. The molecule has 0 spiro atoms. The highest BCUT2D eigenvalue weighted by Gasteiger charge is 2.32. The maximum atomic E-state index is 12.3. The second-order valence-corrected chi connectivity index (χ2v) is 6.41. The molecule has 0 saturated carbocycles. The zero-order chi connectivity index (χ0) is 17.0.